The number of nitrogens with zero attached hydrogens (tertiary/aromatic N) is 1. The maximum Gasteiger partial charge on any atom is 0.407 e. The highest BCUT2D eigenvalue weighted by atomic mass is 32.1. The molecule has 146 valence electrons. The van der Waals surface area contributed by atoms with Crippen LogP contribution in [0.25, 0.3) is 5.57 Å². The van der Waals surface area contributed by atoms with Gasteiger partial charge in [0.05, 0.1) is 22.2 Å². The molecule has 1 amide bonds. The van der Waals surface area contributed by atoms with Gasteiger partial charge in [-0.25, -0.2) is 9.78 Å². The van der Waals surface area contributed by atoms with Crippen LogP contribution in [-0.4, -0.2) is 35.9 Å². The fraction of sp³-hybridized carbons (Fsp3) is 0.524. The molecule has 1 aliphatic carbocycles. The van der Waals surface area contributed by atoms with E-state index in [1.54, 1.807) is 11.3 Å². The van der Waals surface area contributed by atoms with Crippen molar-refractivity contribution in [2.45, 2.75) is 58.7 Å². The number of allylic oxidation sites excluding steroid dienone is 2. The van der Waals surface area contributed by atoms with Crippen LogP contribution in [0.3, 0.4) is 0 Å². The van der Waals surface area contributed by atoms with Crippen LogP contribution in [0.2, 0.25) is 0 Å². The first-order valence-corrected chi connectivity index (χ1v) is 10.00. The lowest BCUT2D eigenvalue weighted by Crippen LogP contribution is -2.36. The normalized spacial score (nSPS) is 16.9. The fourth-order valence-corrected chi connectivity index (χ4v) is 3.56. The molecule has 1 N–H and O–H groups in total. The largest absolute Gasteiger partial charge is 0.444 e. The highest BCUT2D eigenvalue weighted by Gasteiger charge is 2.24. The van der Waals surface area contributed by atoms with Crippen LogP contribution in [0.15, 0.2) is 23.2 Å². The lowest BCUT2D eigenvalue weighted by atomic mass is 9.93. The van der Waals surface area contributed by atoms with Crippen molar-refractivity contribution in [1.82, 2.24) is 10.3 Å². The lowest BCUT2D eigenvalue weighted by molar-refractivity contribution is 0.0517. The van der Waals surface area contributed by atoms with E-state index in [9.17, 15) is 4.79 Å². The summed E-state index contributed by atoms with van der Waals surface area (Å²) >= 11 is 1.64. The summed E-state index contributed by atoms with van der Waals surface area (Å²) in [6.45, 7) is 8.52. The molecule has 6 heteroatoms. The van der Waals surface area contributed by atoms with Gasteiger partial charge < -0.3 is 14.8 Å². The van der Waals surface area contributed by atoms with Crippen molar-refractivity contribution in [2.75, 3.05) is 13.2 Å². The van der Waals surface area contributed by atoms with Gasteiger partial charge in [-0.15, -0.1) is 23.7 Å². The minimum atomic E-state index is -0.521. The molecule has 1 unspecified atom stereocenters. The summed E-state index contributed by atoms with van der Waals surface area (Å²) in [5, 5.41) is 2.82. The van der Waals surface area contributed by atoms with Gasteiger partial charge in [0.15, 0.2) is 0 Å². The topological polar surface area (TPSA) is 60.5 Å². The summed E-state index contributed by atoms with van der Waals surface area (Å²) in [5.74, 6) is 2.63. The predicted octanol–water partition coefficient (Wildman–Crippen LogP) is 4.49. The maximum absolute atomic E-state index is 12.0. The van der Waals surface area contributed by atoms with Crippen LogP contribution in [-0.2, 0) is 9.47 Å². The van der Waals surface area contributed by atoms with E-state index in [2.05, 4.69) is 22.3 Å². The maximum atomic E-state index is 12.0. The Labute approximate surface area is 165 Å². The first-order chi connectivity index (χ1) is 12.8. The van der Waals surface area contributed by atoms with Crippen molar-refractivity contribution in [1.29, 1.82) is 0 Å². The molecule has 0 saturated carbocycles. The number of aromatic nitrogens is 1. The number of nitrogens with one attached hydrogen (secondary N) is 1. The summed E-state index contributed by atoms with van der Waals surface area (Å²) in [6.07, 6.45) is 11.2. The van der Waals surface area contributed by atoms with E-state index in [0.29, 0.717) is 19.6 Å². The number of hydrogen-bond donors (Lipinski definition) is 1. The molecule has 0 fully saturated rings. The first-order valence-electron chi connectivity index (χ1n) is 9.12. The molecule has 1 aromatic rings. The molecule has 2 rings (SSSR count). The van der Waals surface area contributed by atoms with E-state index >= 15 is 0 Å². The molecule has 0 aliphatic heterocycles. The molecule has 0 aromatic carbocycles. The summed E-state index contributed by atoms with van der Waals surface area (Å²) in [5.41, 5.74) is 4.59. The minimum absolute atomic E-state index is 0.0980. The molecule has 1 aromatic heterocycles. The molecule has 0 bridgehead atoms. The Morgan fingerprint density at radius 1 is 1.44 bits per heavy atom. The summed E-state index contributed by atoms with van der Waals surface area (Å²) in [4.78, 5) is 17.5. The van der Waals surface area contributed by atoms with Gasteiger partial charge in [-0.1, -0.05) is 12.2 Å². The van der Waals surface area contributed by atoms with Crippen LogP contribution in [0, 0.1) is 19.3 Å². The van der Waals surface area contributed by atoms with Gasteiger partial charge in [0.25, 0.3) is 0 Å². The van der Waals surface area contributed by atoms with Gasteiger partial charge in [-0.3, -0.25) is 0 Å². The number of hydrogen-bond acceptors (Lipinski definition) is 5. The quantitative estimate of drug-likeness (QED) is 0.552. The van der Waals surface area contributed by atoms with E-state index in [1.807, 2.05) is 39.3 Å². The molecule has 1 heterocycles. The Kier molecular flexibility index (Phi) is 7.64. The number of unbranched alkanes of at least 4 members (excludes halogenated alkanes) is 1. The number of terminal acetylenes is 1. The van der Waals surface area contributed by atoms with E-state index in [4.69, 9.17) is 15.9 Å². The molecular weight excluding hydrogens is 360 g/mol. The van der Waals surface area contributed by atoms with Crippen LogP contribution in [0.1, 0.15) is 50.6 Å². The van der Waals surface area contributed by atoms with E-state index in [1.165, 1.54) is 10.5 Å². The molecule has 27 heavy (non-hydrogen) atoms. The standard InChI is InChI=1S/C21H28N2O3S/c1-6-7-8-11-25-18-12-16(19-15(2)23-14-27-19)9-10-17(18)13-22-20(24)26-21(3,4)5/h1,9-10,14,18H,7-8,11-13H2,2-5H3,(H,22,24). The van der Waals surface area contributed by atoms with Crippen LogP contribution in [0.4, 0.5) is 4.79 Å². The van der Waals surface area contributed by atoms with Gasteiger partial charge in [0.2, 0.25) is 0 Å². The average molecular weight is 389 g/mol. The Bertz CT molecular complexity index is 750. The van der Waals surface area contributed by atoms with E-state index in [0.717, 1.165) is 24.1 Å². The minimum Gasteiger partial charge on any atom is -0.444 e. The molecule has 0 saturated heterocycles. The van der Waals surface area contributed by atoms with Crippen molar-refractivity contribution < 1.29 is 14.3 Å². The third-order valence-electron chi connectivity index (χ3n) is 3.97. The third kappa shape index (κ3) is 6.85. The number of ether oxygens (including phenoxy) is 2. The number of rotatable bonds is 7. The Balaban J connectivity index is 2.05. The zero-order valence-corrected chi connectivity index (χ0v) is 17.3. The van der Waals surface area contributed by atoms with E-state index in [-0.39, 0.29) is 6.10 Å². The number of aryl methyl sites for hydroxylation is 1. The molecule has 1 atom stereocenters. The molecule has 5 nitrogen and oxygen atoms in total. The second-order valence-electron chi connectivity index (χ2n) is 7.43. The average Bonchev–Trinajstić information content (AvgIpc) is 3.02. The summed E-state index contributed by atoms with van der Waals surface area (Å²) in [6, 6.07) is 0. The number of thiazole rings is 1. The smallest absolute Gasteiger partial charge is 0.407 e. The van der Waals surface area contributed by atoms with Crippen molar-refractivity contribution in [3.8, 4) is 12.3 Å². The molecule has 1 aliphatic rings. The van der Waals surface area contributed by atoms with Crippen molar-refractivity contribution in [3.63, 3.8) is 0 Å². The van der Waals surface area contributed by atoms with Gasteiger partial charge >= 0.3 is 6.09 Å². The number of carbonyl (C=O) groups is 1. The van der Waals surface area contributed by atoms with Gasteiger partial charge in [0, 0.05) is 26.0 Å². The van der Waals surface area contributed by atoms with Crippen molar-refractivity contribution >= 4 is 23.0 Å². The van der Waals surface area contributed by atoms with Crippen LogP contribution in [0.5, 0.6) is 0 Å². The SMILES string of the molecule is C#CCCCOC1CC(c2scnc2C)=CC=C1CNC(=O)OC(C)(C)C. The fourth-order valence-electron chi connectivity index (χ4n) is 2.72. The summed E-state index contributed by atoms with van der Waals surface area (Å²) in [7, 11) is 0. The second kappa shape index (κ2) is 9.72. The van der Waals surface area contributed by atoms with E-state index < -0.39 is 11.7 Å². The monoisotopic (exact) mass is 388 g/mol. The van der Waals surface area contributed by atoms with Gasteiger partial charge in [0.1, 0.15) is 5.60 Å². The number of amides is 1. The molecule has 0 radical (unpaired) electrons. The Morgan fingerprint density at radius 2 is 2.22 bits per heavy atom. The van der Waals surface area contributed by atoms with Crippen molar-refractivity contribution in [2.24, 2.45) is 0 Å². The van der Waals surface area contributed by atoms with Gasteiger partial charge in [-0.05, 0) is 45.3 Å². The number of alkyl carbamates (subject to hydrolysis) is 1. The third-order valence-corrected chi connectivity index (χ3v) is 4.98. The predicted molar refractivity (Wildman–Crippen MR) is 110 cm³/mol. The Morgan fingerprint density at radius 3 is 2.85 bits per heavy atom. The van der Waals surface area contributed by atoms with Gasteiger partial charge in [-0.2, -0.15) is 0 Å². The summed E-state index contributed by atoms with van der Waals surface area (Å²) < 4.78 is 11.4. The van der Waals surface area contributed by atoms with Crippen LogP contribution < -0.4 is 5.32 Å². The zero-order valence-electron chi connectivity index (χ0n) is 16.5. The van der Waals surface area contributed by atoms with Crippen molar-refractivity contribution in [3.05, 3.63) is 33.8 Å². The molecule has 0 spiro atoms. The zero-order chi connectivity index (χ0) is 19.9. The van der Waals surface area contributed by atoms with Crippen LogP contribution >= 0.6 is 11.3 Å². The second-order valence-corrected chi connectivity index (χ2v) is 8.28. The first kappa shape index (κ1) is 21.2. The highest BCUT2D eigenvalue weighted by molar-refractivity contribution is 7.10. The Hall–Kier alpha value is -2.10. The highest BCUT2D eigenvalue weighted by Crippen LogP contribution is 2.32. The lowest BCUT2D eigenvalue weighted by Gasteiger charge is -2.26. The number of carbonyl (C=O) groups excluding carboxylic acids is 1. The molecular formula is C21H28N2O3S.